The molecule has 0 fully saturated rings. The van der Waals surface area contributed by atoms with Gasteiger partial charge in [0.1, 0.15) is 0 Å². The molecule has 6 rings (SSSR count). The summed E-state index contributed by atoms with van der Waals surface area (Å²) in [6, 6.07) is 20.7. The maximum absolute atomic E-state index is 4.86. The highest BCUT2D eigenvalue weighted by molar-refractivity contribution is 8.00. The van der Waals surface area contributed by atoms with Gasteiger partial charge in [0, 0.05) is 24.3 Å². The first-order chi connectivity index (χ1) is 18.8. The van der Waals surface area contributed by atoms with Gasteiger partial charge < -0.3 is 0 Å². The zero-order chi connectivity index (χ0) is 25.6. The molecule has 2 aliphatic heterocycles. The van der Waals surface area contributed by atoms with Gasteiger partial charge in [0.2, 0.25) is 10.3 Å². The Balaban J connectivity index is 0.936. The van der Waals surface area contributed by atoms with Gasteiger partial charge >= 0.3 is 0 Å². The quantitative estimate of drug-likeness (QED) is 0.226. The Bertz CT molecular complexity index is 1320. The molecule has 0 aliphatic carbocycles. The summed E-state index contributed by atoms with van der Waals surface area (Å²) >= 11 is 3.42. The number of aromatic nitrogens is 6. The molecule has 0 amide bonds. The Morgan fingerprint density at radius 2 is 0.947 bits per heavy atom. The normalized spacial score (nSPS) is 14.5. The second kappa shape index (κ2) is 12.1. The molecule has 0 spiro atoms. The molecule has 2 aromatic carbocycles. The van der Waals surface area contributed by atoms with Crippen molar-refractivity contribution in [2.75, 3.05) is 11.5 Å². The van der Waals surface area contributed by atoms with E-state index in [-0.39, 0.29) is 0 Å². The lowest BCUT2D eigenvalue weighted by Crippen LogP contribution is -2.14. The first-order valence-corrected chi connectivity index (χ1v) is 15.2. The number of hydrogen-bond acceptors (Lipinski definition) is 8. The first-order valence-electron chi connectivity index (χ1n) is 13.3. The fourth-order valence-electron chi connectivity index (χ4n) is 4.67. The molecular formula is C28H30N8S2. The molecule has 0 N–H and O–H groups in total. The SMILES string of the molecule is c1ccc(C2=Nn3c(CCCCCCCCc4nnc5n4N=C(c4ccccc4)CS5)nnc3SC2)cc1. The maximum Gasteiger partial charge on any atom is 0.212 e. The Hall–Kier alpha value is -3.24. The van der Waals surface area contributed by atoms with Crippen molar-refractivity contribution in [3.8, 4) is 0 Å². The lowest BCUT2D eigenvalue weighted by Gasteiger charge is -2.14. The van der Waals surface area contributed by atoms with Crippen molar-refractivity contribution in [3.05, 3.63) is 83.4 Å². The standard InChI is InChI=1S/C28H30N8S2/c1(3-11-17-25-29-31-27-35(25)33-23(19-37-27)21-13-7-5-8-14-21)2-4-12-18-26-30-32-28-36(26)34-24(20-38-28)22-15-9-6-10-16-22/h5-10,13-16H,1-4,11-12,17-20H2. The van der Waals surface area contributed by atoms with Crippen molar-refractivity contribution >= 4 is 34.9 Å². The minimum absolute atomic E-state index is 0.832. The summed E-state index contributed by atoms with van der Waals surface area (Å²) in [5, 5.41) is 29.0. The molecule has 0 saturated carbocycles. The third kappa shape index (κ3) is 5.76. The molecule has 0 saturated heterocycles. The number of nitrogens with zero attached hydrogens (tertiary/aromatic N) is 8. The van der Waals surface area contributed by atoms with Crippen LogP contribution < -0.4 is 0 Å². The third-order valence-corrected chi connectivity index (χ3v) is 8.60. The van der Waals surface area contributed by atoms with Gasteiger partial charge in [0.05, 0.1) is 11.4 Å². The predicted molar refractivity (Wildman–Crippen MR) is 153 cm³/mol. The van der Waals surface area contributed by atoms with E-state index in [4.69, 9.17) is 10.2 Å². The number of hydrogen-bond donors (Lipinski definition) is 0. The number of benzene rings is 2. The van der Waals surface area contributed by atoms with Gasteiger partial charge in [-0.3, -0.25) is 0 Å². The van der Waals surface area contributed by atoms with Crippen molar-refractivity contribution in [1.82, 2.24) is 29.7 Å². The summed E-state index contributed by atoms with van der Waals surface area (Å²) in [7, 11) is 0. The topological polar surface area (TPSA) is 86.1 Å². The van der Waals surface area contributed by atoms with Crippen LogP contribution in [0, 0.1) is 0 Å². The van der Waals surface area contributed by atoms with Crippen molar-refractivity contribution in [2.45, 2.75) is 61.7 Å². The molecule has 8 nitrogen and oxygen atoms in total. The van der Waals surface area contributed by atoms with Crippen molar-refractivity contribution < 1.29 is 0 Å². The lowest BCUT2D eigenvalue weighted by molar-refractivity contribution is 0.570. The molecule has 38 heavy (non-hydrogen) atoms. The highest BCUT2D eigenvalue weighted by Gasteiger charge is 2.20. The van der Waals surface area contributed by atoms with Crippen LogP contribution in [0.3, 0.4) is 0 Å². The van der Waals surface area contributed by atoms with Gasteiger partial charge in [-0.05, 0) is 24.0 Å². The van der Waals surface area contributed by atoms with E-state index in [1.54, 1.807) is 23.5 Å². The van der Waals surface area contributed by atoms with Gasteiger partial charge in [0.15, 0.2) is 11.6 Å². The molecule has 4 heterocycles. The minimum atomic E-state index is 0.832. The van der Waals surface area contributed by atoms with Gasteiger partial charge in [0.25, 0.3) is 0 Å². The molecule has 10 heteroatoms. The Kier molecular flexibility index (Phi) is 7.97. The minimum Gasteiger partial charge on any atom is -0.191 e. The highest BCUT2D eigenvalue weighted by atomic mass is 32.2. The average molecular weight is 543 g/mol. The maximum atomic E-state index is 4.86. The first kappa shape index (κ1) is 25.1. The van der Waals surface area contributed by atoms with E-state index in [2.05, 4.69) is 68.9 Å². The number of rotatable bonds is 11. The fraction of sp³-hybridized carbons (Fsp3) is 0.357. The molecule has 4 aromatic rings. The van der Waals surface area contributed by atoms with Crippen LogP contribution in [0.1, 0.15) is 61.3 Å². The summed E-state index contributed by atoms with van der Waals surface area (Å²) < 4.78 is 3.89. The van der Waals surface area contributed by atoms with Gasteiger partial charge in [-0.15, -0.1) is 20.4 Å². The van der Waals surface area contributed by atoms with Crippen LogP contribution in [0.5, 0.6) is 0 Å². The van der Waals surface area contributed by atoms with E-state index in [9.17, 15) is 0 Å². The summed E-state index contributed by atoms with van der Waals surface area (Å²) in [4.78, 5) is 0. The summed E-state index contributed by atoms with van der Waals surface area (Å²) in [5.41, 5.74) is 4.50. The predicted octanol–water partition coefficient (Wildman–Crippen LogP) is 5.71. The summed E-state index contributed by atoms with van der Waals surface area (Å²) in [6.45, 7) is 0. The van der Waals surface area contributed by atoms with Gasteiger partial charge in [-0.1, -0.05) is 110 Å². The second-order valence-corrected chi connectivity index (χ2v) is 11.3. The van der Waals surface area contributed by atoms with Crippen LogP contribution in [0.15, 0.2) is 81.2 Å². The molecule has 0 atom stereocenters. The van der Waals surface area contributed by atoms with Crippen LogP contribution in [-0.4, -0.2) is 52.7 Å². The summed E-state index contributed by atoms with van der Waals surface area (Å²) in [5.74, 6) is 3.59. The van der Waals surface area contributed by atoms with E-state index in [1.165, 1.54) is 36.8 Å². The van der Waals surface area contributed by atoms with Crippen molar-refractivity contribution in [3.63, 3.8) is 0 Å². The van der Waals surface area contributed by atoms with Gasteiger partial charge in [-0.25, -0.2) is 0 Å². The molecule has 0 bridgehead atoms. The molecule has 2 aromatic heterocycles. The Labute approximate surface area is 231 Å². The largest absolute Gasteiger partial charge is 0.212 e. The van der Waals surface area contributed by atoms with Crippen LogP contribution in [0.2, 0.25) is 0 Å². The fourth-order valence-corrected chi connectivity index (χ4v) is 6.38. The number of aryl methyl sites for hydroxylation is 2. The molecule has 0 radical (unpaired) electrons. The average Bonchev–Trinajstić information content (AvgIpc) is 3.58. The number of unbranched alkanes of at least 4 members (excludes halogenated alkanes) is 5. The molecule has 2 aliphatic rings. The molecular weight excluding hydrogens is 512 g/mol. The van der Waals surface area contributed by atoms with E-state index >= 15 is 0 Å². The monoisotopic (exact) mass is 542 g/mol. The van der Waals surface area contributed by atoms with E-state index in [0.29, 0.717) is 0 Å². The lowest BCUT2D eigenvalue weighted by atomic mass is 10.1. The van der Waals surface area contributed by atoms with E-state index in [0.717, 1.165) is 70.6 Å². The van der Waals surface area contributed by atoms with Crippen molar-refractivity contribution in [1.29, 1.82) is 0 Å². The second-order valence-electron chi connectivity index (χ2n) is 9.45. The number of thioether (sulfide) groups is 2. The number of fused-ring (bicyclic) bond motifs is 2. The molecule has 194 valence electrons. The van der Waals surface area contributed by atoms with E-state index < -0.39 is 0 Å². The van der Waals surface area contributed by atoms with Crippen LogP contribution in [-0.2, 0) is 12.8 Å². The van der Waals surface area contributed by atoms with Crippen LogP contribution >= 0.6 is 23.5 Å². The highest BCUT2D eigenvalue weighted by Crippen LogP contribution is 2.26. The third-order valence-electron chi connectivity index (χ3n) is 6.74. The van der Waals surface area contributed by atoms with Crippen LogP contribution in [0.25, 0.3) is 0 Å². The summed E-state index contributed by atoms with van der Waals surface area (Å²) in [6.07, 6.45) is 8.83. The molecule has 0 unspecified atom stereocenters. The van der Waals surface area contributed by atoms with Gasteiger partial charge in [-0.2, -0.15) is 19.6 Å². The zero-order valence-electron chi connectivity index (χ0n) is 21.2. The van der Waals surface area contributed by atoms with Crippen LogP contribution in [0.4, 0.5) is 0 Å². The zero-order valence-corrected chi connectivity index (χ0v) is 22.9. The van der Waals surface area contributed by atoms with Crippen molar-refractivity contribution in [2.24, 2.45) is 10.2 Å². The van der Waals surface area contributed by atoms with E-state index in [1.807, 2.05) is 21.5 Å². The Morgan fingerprint density at radius 1 is 0.526 bits per heavy atom. The Morgan fingerprint density at radius 3 is 1.39 bits per heavy atom. The smallest absolute Gasteiger partial charge is 0.191 e.